The van der Waals surface area contributed by atoms with E-state index in [1.165, 1.54) is 0 Å². The molecule has 2 atom stereocenters. The van der Waals surface area contributed by atoms with Crippen molar-refractivity contribution in [1.29, 1.82) is 0 Å². The number of ketones is 1. The van der Waals surface area contributed by atoms with Gasteiger partial charge in [-0.25, -0.2) is 0 Å². The molecule has 0 aromatic heterocycles. The number of hydrogen-bond donors (Lipinski definition) is 0. The molecule has 26 heavy (non-hydrogen) atoms. The maximum Gasteiger partial charge on any atom is 0.159 e. The van der Waals surface area contributed by atoms with Gasteiger partial charge in [-0.1, -0.05) is 20.8 Å². The predicted molar refractivity (Wildman–Crippen MR) is 101 cm³/mol. The molecule has 1 aliphatic rings. The Kier molecular flexibility index (Phi) is 6.66. The summed E-state index contributed by atoms with van der Waals surface area (Å²) in [7, 11) is 4.95. The predicted octanol–water partition coefficient (Wildman–Crippen LogP) is 3.02. The van der Waals surface area contributed by atoms with Gasteiger partial charge in [-0.05, 0) is 24.5 Å². The van der Waals surface area contributed by atoms with Crippen molar-refractivity contribution in [2.75, 3.05) is 46.1 Å². The summed E-state index contributed by atoms with van der Waals surface area (Å²) in [5.74, 6) is 0.832. The number of benzene rings is 1. The fourth-order valence-corrected chi connectivity index (χ4v) is 3.31. The second kappa shape index (κ2) is 8.37. The molecule has 0 spiro atoms. The van der Waals surface area contributed by atoms with Crippen LogP contribution in [0, 0.1) is 0 Å². The lowest BCUT2D eigenvalue weighted by Crippen LogP contribution is -2.29. The molecule has 0 unspecified atom stereocenters. The Balaban J connectivity index is 2.47. The van der Waals surface area contributed by atoms with E-state index >= 15 is 0 Å². The molecular formula is C20H31NO5. The van der Waals surface area contributed by atoms with E-state index in [9.17, 15) is 4.79 Å². The van der Waals surface area contributed by atoms with Crippen LogP contribution in [0.4, 0.5) is 5.69 Å². The molecule has 0 amide bonds. The lowest BCUT2D eigenvalue weighted by Gasteiger charge is -2.28. The first-order chi connectivity index (χ1) is 12.2. The summed E-state index contributed by atoms with van der Waals surface area (Å²) in [4.78, 5) is 14.3. The summed E-state index contributed by atoms with van der Waals surface area (Å²) < 4.78 is 22.2. The molecule has 6 heteroatoms. The van der Waals surface area contributed by atoms with Crippen LogP contribution in [0.1, 0.15) is 43.6 Å². The first-order valence-corrected chi connectivity index (χ1v) is 8.84. The molecule has 1 aromatic rings. The minimum absolute atomic E-state index is 0.0362. The second-order valence-corrected chi connectivity index (χ2v) is 7.67. The molecule has 1 heterocycles. The Morgan fingerprint density at radius 1 is 1.15 bits per heavy atom. The van der Waals surface area contributed by atoms with E-state index in [1.807, 2.05) is 12.1 Å². The van der Waals surface area contributed by atoms with Gasteiger partial charge in [0.05, 0.1) is 12.8 Å². The summed E-state index contributed by atoms with van der Waals surface area (Å²) in [6, 6.07) is 3.84. The van der Waals surface area contributed by atoms with Crippen LogP contribution < -0.4 is 9.64 Å². The van der Waals surface area contributed by atoms with Crippen LogP contribution in [0.3, 0.4) is 0 Å². The normalized spacial score (nSPS) is 20.5. The van der Waals surface area contributed by atoms with E-state index < -0.39 is 0 Å². The van der Waals surface area contributed by atoms with Gasteiger partial charge in [0.25, 0.3) is 0 Å². The monoisotopic (exact) mass is 365 g/mol. The first-order valence-electron chi connectivity index (χ1n) is 8.84. The van der Waals surface area contributed by atoms with Gasteiger partial charge in [-0.2, -0.15) is 0 Å². The lowest BCUT2D eigenvalue weighted by atomic mass is 9.84. The number of carbonyl (C=O) groups is 1. The molecule has 0 radical (unpaired) electrons. The Labute approximate surface area is 156 Å². The van der Waals surface area contributed by atoms with Crippen LogP contribution >= 0.6 is 0 Å². The van der Waals surface area contributed by atoms with Gasteiger partial charge < -0.3 is 23.8 Å². The highest BCUT2D eigenvalue weighted by Crippen LogP contribution is 2.41. The zero-order chi connectivity index (χ0) is 19.5. The highest BCUT2D eigenvalue weighted by molar-refractivity contribution is 5.96. The molecule has 1 aromatic carbocycles. The number of anilines is 1. The third kappa shape index (κ3) is 4.37. The van der Waals surface area contributed by atoms with Crippen molar-refractivity contribution in [3.05, 3.63) is 23.3 Å². The number of ether oxygens (including phenoxy) is 4. The van der Waals surface area contributed by atoms with Crippen molar-refractivity contribution in [3.63, 3.8) is 0 Å². The topological polar surface area (TPSA) is 57.2 Å². The fraction of sp³-hybridized carbons (Fsp3) is 0.650. The molecular weight excluding hydrogens is 334 g/mol. The Morgan fingerprint density at radius 3 is 2.31 bits per heavy atom. The van der Waals surface area contributed by atoms with E-state index in [0.717, 1.165) is 17.0 Å². The van der Waals surface area contributed by atoms with Gasteiger partial charge in [0.15, 0.2) is 5.78 Å². The Morgan fingerprint density at radius 2 is 1.81 bits per heavy atom. The van der Waals surface area contributed by atoms with Gasteiger partial charge >= 0.3 is 0 Å². The molecule has 2 rings (SSSR count). The summed E-state index contributed by atoms with van der Waals surface area (Å²) >= 11 is 0. The number of hydrogen-bond acceptors (Lipinski definition) is 6. The number of rotatable bonds is 7. The third-order valence-corrected chi connectivity index (χ3v) is 4.75. The zero-order valence-corrected chi connectivity index (χ0v) is 16.9. The summed E-state index contributed by atoms with van der Waals surface area (Å²) in [6.07, 6.45) is -0.183. The van der Waals surface area contributed by atoms with Gasteiger partial charge in [-0.3, -0.25) is 4.79 Å². The van der Waals surface area contributed by atoms with Gasteiger partial charge in [-0.15, -0.1) is 0 Å². The maximum atomic E-state index is 12.1. The molecule has 0 N–H and O–H groups in total. The average molecular weight is 365 g/mol. The first kappa shape index (κ1) is 20.7. The van der Waals surface area contributed by atoms with Crippen molar-refractivity contribution in [3.8, 4) is 5.75 Å². The summed E-state index contributed by atoms with van der Waals surface area (Å²) in [6.45, 7) is 9.46. The lowest BCUT2D eigenvalue weighted by molar-refractivity contribution is -0.102. The number of methoxy groups -OCH3 is 3. The van der Waals surface area contributed by atoms with Crippen molar-refractivity contribution in [1.82, 2.24) is 0 Å². The van der Waals surface area contributed by atoms with E-state index in [4.69, 9.17) is 18.9 Å². The van der Waals surface area contributed by atoms with Gasteiger partial charge in [0, 0.05) is 38.4 Å². The second-order valence-electron chi connectivity index (χ2n) is 7.67. The standard InChI is InChI=1S/C20H31NO5/c1-13(22)14-8-15(20(2,3)4)19(25-7)16(9-14)21-10-17(24-6)18(11-21)26-12-23-5/h8-9,17-18H,10-12H2,1-7H3/t17-,18+/m1/s1. The van der Waals surface area contributed by atoms with Crippen molar-refractivity contribution in [2.24, 2.45) is 0 Å². The molecule has 0 saturated carbocycles. The van der Waals surface area contributed by atoms with Crippen LogP contribution in [0.15, 0.2) is 12.1 Å². The minimum atomic E-state index is -0.155. The molecule has 0 bridgehead atoms. The minimum Gasteiger partial charge on any atom is -0.494 e. The van der Waals surface area contributed by atoms with E-state index in [2.05, 4.69) is 25.7 Å². The molecule has 6 nitrogen and oxygen atoms in total. The number of nitrogens with zero attached hydrogens (tertiary/aromatic N) is 1. The van der Waals surface area contributed by atoms with Crippen LogP contribution in [-0.4, -0.2) is 59.2 Å². The van der Waals surface area contributed by atoms with E-state index in [1.54, 1.807) is 28.3 Å². The fourth-order valence-electron chi connectivity index (χ4n) is 3.31. The maximum absolute atomic E-state index is 12.1. The Hall–Kier alpha value is -1.63. The van der Waals surface area contributed by atoms with Crippen LogP contribution in [0.5, 0.6) is 5.75 Å². The zero-order valence-electron chi connectivity index (χ0n) is 16.9. The SMILES string of the molecule is COCO[C@H]1CN(c2cc(C(C)=O)cc(C(C)(C)C)c2OC)C[C@H]1OC. The average Bonchev–Trinajstić information content (AvgIpc) is 3.00. The van der Waals surface area contributed by atoms with Crippen LogP contribution in [0.2, 0.25) is 0 Å². The van der Waals surface area contributed by atoms with E-state index in [0.29, 0.717) is 18.7 Å². The summed E-state index contributed by atoms with van der Waals surface area (Å²) in [5, 5.41) is 0. The molecule has 1 fully saturated rings. The Bertz CT molecular complexity index is 638. The number of carbonyl (C=O) groups excluding carboxylic acids is 1. The number of Topliss-reactive ketones (excluding diaryl/α,β-unsaturated/α-hetero) is 1. The molecule has 1 saturated heterocycles. The van der Waals surface area contributed by atoms with Crippen LogP contribution in [-0.2, 0) is 19.6 Å². The smallest absolute Gasteiger partial charge is 0.159 e. The van der Waals surface area contributed by atoms with Crippen molar-refractivity contribution in [2.45, 2.75) is 45.3 Å². The van der Waals surface area contributed by atoms with Crippen molar-refractivity contribution >= 4 is 11.5 Å². The molecule has 0 aliphatic carbocycles. The van der Waals surface area contributed by atoms with Crippen molar-refractivity contribution < 1.29 is 23.7 Å². The molecule has 146 valence electrons. The van der Waals surface area contributed by atoms with Gasteiger partial charge in [0.1, 0.15) is 24.8 Å². The van der Waals surface area contributed by atoms with Gasteiger partial charge in [0.2, 0.25) is 0 Å². The van der Waals surface area contributed by atoms with E-state index in [-0.39, 0.29) is 30.2 Å². The quantitative estimate of drug-likeness (QED) is 0.547. The molecule has 1 aliphatic heterocycles. The van der Waals surface area contributed by atoms with Crippen LogP contribution in [0.25, 0.3) is 0 Å². The third-order valence-electron chi connectivity index (χ3n) is 4.75. The summed E-state index contributed by atoms with van der Waals surface area (Å²) in [5.41, 5.74) is 2.44. The highest BCUT2D eigenvalue weighted by atomic mass is 16.7. The highest BCUT2D eigenvalue weighted by Gasteiger charge is 2.36. The largest absolute Gasteiger partial charge is 0.494 e.